The quantitative estimate of drug-likeness (QED) is 0.0471. The van der Waals surface area contributed by atoms with Crippen LogP contribution in [0.4, 0.5) is 0 Å². The maximum Gasteiger partial charge on any atom is 0.266 e. The standard InChI is InChI=1S/C28H38ClN3O4/c1-22(2)30-25(5)24(4)13-12-23(3)14-17-31(6)16-7-8-18-35-21-26-20-27(32(33)34)10-9-11-28(26)36-19-15-29/h7-8,10-14,17,20H,1,9,15-16,18-19,21H2,2-6H3/b8-7+,17-14-,23-12+,24-13+,30-25?. The van der Waals surface area contributed by atoms with Crippen LogP contribution in [0.15, 0.2) is 100 Å². The molecule has 0 heterocycles. The Bertz CT molecular complexity index is 1010. The number of aliphatic imine (C=N–C) groups is 1. The van der Waals surface area contributed by atoms with Gasteiger partial charge in [0, 0.05) is 36.7 Å². The van der Waals surface area contributed by atoms with E-state index in [1.54, 1.807) is 12.2 Å². The summed E-state index contributed by atoms with van der Waals surface area (Å²) in [4.78, 5) is 17.2. The SMILES string of the molecule is C=C(C)N=C(C)/C(C)=C/C=C(C)/C=C\N(C)C/C=C/COCC1=CC([N+](=O)[O-])=CCC=C1OCCCl. The number of allylic oxidation sites excluding steroid dienone is 9. The van der Waals surface area contributed by atoms with Crippen molar-refractivity contribution in [3.63, 3.8) is 0 Å². The molecule has 0 aromatic rings. The smallest absolute Gasteiger partial charge is 0.266 e. The summed E-state index contributed by atoms with van der Waals surface area (Å²) in [6.45, 7) is 13.4. The number of nitrogens with zero attached hydrogens (tertiary/aromatic N) is 3. The van der Waals surface area contributed by atoms with E-state index >= 15 is 0 Å². The Kier molecular flexibility index (Phi) is 14.8. The van der Waals surface area contributed by atoms with E-state index in [4.69, 9.17) is 21.1 Å². The second-order valence-corrected chi connectivity index (χ2v) is 8.71. The summed E-state index contributed by atoms with van der Waals surface area (Å²) in [5.41, 5.74) is 4.63. The first-order valence-electron chi connectivity index (χ1n) is 11.8. The maximum atomic E-state index is 11.2. The summed E-state index contributed by atoms with van der Waals surface area (Å²) in [6, 6.07) is 0. The van der Waals surface area contributed by atoms with Gasteiger partial charge in [0.05, 0.1) is 24.0 Å². The van der Waals surface area contributed by atoms with E-state index in [9.17, 15) is 10.1 Å². The largest absolute Gasteiger partial charge is 0.492 e. The van der Waals surface area contributed by atoms with Crippen molar-refractivity contribution in [2.24, 2.45) is 4.99 Å². The number of likely N-dealkylation sites (N-methyl/N-ethyl adjacent to an activating group) is 1. The highest BCUT2D eigenvalue weighted by Gasteiger charge is 2.16. The highest BCUT2D eigenvalue weighted by molar-refractivity contribution is 6.18. The van der Waals surface area contributed by atoms with Gasteiger partial charge in [0.15, 0.2) is 0 Å². The molecule has 0 saturated carbocycles. The van der Waals surface area contributed by atoms with Gasteiger partial charge in [-0.25, -0.2) is 0 Å². The summed E-state index contributed by atoms with van der Waals surface area (Å²) >= 11 is 5.71. The molecule has 7 nitrogen and oxygen atoms in total. The van der Waals surface area contributed by atoms with Crippen LogP contribution in [0, 0.1) is 10.1 Å². The number of halogens is 1. The average Bonchev–Trinajstić information content (AvgIpc) is 3.03. The minimum atomic E-state index is -0.408. The molecule has 1 aliphatic carbocycles. The minimum absolute atomic E-state index is 0.0309. The van der Waals surface area contributed by atoms with Crippen molar-refractivity contribution in [2.45, 2.75) is 34.1 Å². The predicted octanol–water partition coefficient (Wildman–Crippen LogP) is 6.52. The first-order chi connectivity index (χ1) is 17.1. The second kappa shape index (κ2) is 17.3. The molecule has 8 heteroatoms. The number of ether oxygens (including phenoxy) is 2. The molecule has 0 saturated heterocycles. The van der Waals surface area contributed by atoms with Gasteiger partial charge in [0.1, 0.15) is 12.4 Å². The number of nitro groups is 1. The molecule has 0 radical (unpaired) electrons. The van der Waals surface area contributed by atoms with E-state index in [2.05, 4.69) is 22.5 Å². The third kappa shape index (κ3) is 13.1. The zero-order chi connectivity index (χ0) is 26.9. The van der Waals surface area contributed by atoms with Crippen molar-refractivity contribution in [3.05, 3.63) is 105 Å². The lowest BCUT2D eigenvalue weighted by Crippen LogP contribution is -2.10. The molecule has 0 spiro atoms. The van der Waals surface area contributed by atoms with Gasteiger partial charge in [-0.15, -0.1) is 11.6 Å². The molecule has 0 atom stereocenters. The Balaban J connectivity index is 2.55. The molecule has 0 aromatic heterocycles. The van der Waals surface area contributed by atoms with Crippen LogP contribution in [-0.2, 0) is 9.47 Å². The van der Waals surface area contributed by atoms with Crippen LogP contribution in [0.1, 0.15) is 34.1 Å². The molecule has 36 heavy (non-hydrogen) atoms. The molecular weight excluding hydrogens is 478 g/mol. The van der Waals surface area contributed by atoms with Crippen molar-refractivity contribution in [3.8, 4) is 0 Å². The predicted molar refractivity (Wildman–Crippen MR) is 150 cm³/mol. The molecule has 0 aromatic carbocycles. The Morgan fingerprint density at radius 2 is 2.00 bits per heavy atom. The lowest BCUT2D eigenvalue weighted by Gasteiger charge is -2.13. The van der Waals surface area contributed by atoms with Gasteiger partial charge < -0.3 is 14.4 Å². The number of hydrogen-bond donors (Lipinski definition) is 0. The normalized spacial score (nSPS) is 15.5. The van der Waals surface area contributed by atoms with Crippen molar-refractivity contribution in [1.82, 2.24) is 4.90 Å². The molecule has 1 rings (SSSR count). The second-order valence-electron chi connectivity index (χ2n) is 8.33. The Labute approximate surface area is 220 Å². The van der Waals surface area contributed by atoms with Crippen LogP contribution in [0.25, 0.3) is 0 Å². The first kappa shape index (κ1) is 30.9. The zero-order valence-electron chi connectivity index (χ0n) is 22.0. The van der Waals surface area contributed by atoms with Gasteiger partial charge in [-0.1, -0.05) is 30.9 Å². The highest BCUT2D eigenvalue weighted by Crippen LogP contribution is 2.20. The fraction of sp³-hybridized carbons (Fsp3) is 0.393. The van der Waals surface area contributed by atoms with Gasteiger partial charge in [-0.3, -0.25) is 15.1 Å². The van der Waals surface area contributed by atoms with Gasteiger partial charge in [0.2, 0.25) is 0 Å². The van der Waals surface area contributed by atoms with Crippen LogP contribution in [0.2, 0.25) is 0 Å². The Morgan fingerprint density at radius 3 is 2.67 bits per heavy atom. The van der Waals surface area contributed by atoms with Crippen LogP contribution in [0.5, 0.6) is 0 Å². The van der Waals surface area contributed by atoms with Crippen molar-refractivity contribution >= 4 is 17.3 Å². The summed E-state index contributed by atoms with van der Waals surface area (Å²) < 4.78 is 11.4. The third-order valence-electron chi connectivity index (χ3n) is 4.96. The fourth-order valence-corrected chi connectivity index (χ4v) is 3.00. The minimum Gasteiger partial charge on any atom is -0.492 e. The number of alkyl halides is 1. The fourth-order valence-electron chi connectivity index (χ4n) is 2.93. The average molecular weight is 516 g/mol. The molecule has 0 unspecified atom stereocenters. The molecule has 196 valence electrons. The molecule has 0 aliphatic heterocycles. The lowest BCUT2D eigenvalue weighted by atomic mass is 10.1. The topological polar surface area (TPSA) is 77.2 Å². The van der Waals surface area contributed by atoms with Crippen LogP contribution < -0.4 is 0 Å². The van der Waals surface area contributed by atoms with E-state index in [-0.39, 0.29) is 12.3 Å². The van der Waals surface area contributed by atoms with E-state index in [0.29, 0.717) is 43.4 Å². The number of rotatable bonds is 15. The molecule has 0 amide bonds. The lowest BCUT2D eigenvalue weighted by molar-refractivity contribution is -0.419. The summed E-state index contributed by atoms with van der Waals surface area (Å²) in [7, 11) is 1.99. The van der Waals surface area contributed by atoms with Gasteiger partial charge in [0.25, 0.3) is 5.70 Å². The maximum absolute atomic E-state index is 11.2. The monoisotopic (exact) mass is 515 g/mol. The van der Waals surface area contributed by atoms with Gasteiger partial charge in [-0.2, -0.15) is 0 Å². The molecule has 1 aliphatic rings. The highest BCUT2D eigenvalue weighted by atomic mass is 35.5. The Hall–Kier alpha value is -3.16. The summed E-state index contributed by atoms with van der Waals surface area (Å²) in [5.74, 6) is 0.908. The summed E-state index contributed by atoms with van der Waals surface area (Å²) in [6.07, 6.45) is 17.4. The van der Waals surface area contributed by atoms with E-state index in [1.165, 1.54) is 6.08 Å². The summed E-state index contributed by atoms with van der Waals surface area (Å²) in [5, 5.41) is 11.2. The van der Waals surface area contributed by atoms with Crippen LogP contribution >= 0.6 is 11.6 Å². The van der Waals surface area contributed by atoms with E-state index < -0.39 is 4.92 Å². The third-order valence-corrected chi connectivity index (χ3v) is 5.12. The molecular formula is C28H38ClN3O4. The zero-order valence-corrected chi connectivity index (χ0v) is 22.8. The van der Waals surface area contributed by atoms with Crippen LogP contribution in [0.3, 0.4) is 0 Å². The molecule has 0 fully saturated rings. The van der Waals surface area contributed by atoms with Crippen molar-refractivity contribution < 1.29 is 14.4 Å². The van der Waals surface area contributed by atoms with E-state index in [0.717, 1.165) is 22.6 Å². The number of hydrogen-bond acceptors (Lipinski definition) is 6. The molecule has 0 bridgehead atoms. The Morgan fingerprint density at radius 1 is 1.25 bits per heavy atom. The van der Waals surface area contributed by atoms with E-state index in [1.807, 2.05) is 65.2 Å². The van der Waals surface area contributed by atoms with Crippen molar-refractivity contribution in [2.75, 3.05) is 39.3 Å². The van der Waals surface area contributed by atoms with Crippen LogP contribution in [-0.4, -0.2) is 54.8 Å². The first-order valence-corrected chi connectivity index (χ1v) is 12.3. The van der Waals surface area contributed by atoms with Gasteiger partial charge >= 0.3 is 0 Å². The van der Waals surface area contributed by atoms with Crippen molar-refractivity contribution in [1.29, 1.82) is 0 Å². The molecule has 0 N–H and O–H groups in total. The van der Waals surface area contributed by atoms with Gasteiger partial charge in [-0.05, 0) is 69.7 Å².